The zero-order valence-corrected chi connectivity index (χ0v) is 9.52. The molecule has 0 radical (unpaired) electrons. The quantitative estimate of drug-likeness (QED) is 0.782. The van der Waals surface area contributed by atoms with Gasteiger partial charge in [-0.2, -0.15) is 5.10 Å². The number of aliphatic hydroxyl groups is 1. The Bertz CT molecular complexity index is 510. The van der Waals surface area contributed by atoms with Gasteiger partial charge in [0.05, 0.1) is 16.4 Å². The third kappa shape index (κ3) is 1.77. The highest BCUT2D eigenvalue weighted by molar-refractivity contribution is 6.33. The largest absolute Gasteiger partial charge is 0.397 e. The number of aryl methyl sites for hydroxylation is 1. The fourth-order valence-corrected chi connectivity index (χ4v) is 1.79. The van der Waals surface area contributed by atoms with Gasteiger partial charge < -0.3 is 10.8 Å². The summed E-state index contributed by atoms with van der Waals surface area (Å²) in [6.45, 7) is 0. The van der Waals surface area contributed by atoms with Crippen LogP contribution < -0.4 is 5.73 Å². The summed E-state index contributed by atoms with van der Waals surface area (Å²) in [5.41, 5.74) is 7.49. The first-order chi connectivity index (χ1) is 7.61. The molecule has 0 aliphatic heterocycles. The van der Waals surface area contributed by atoms with E-state index in [9.17, 15) is 5.11 Å². The van der Waals surface area contributed by atoms with Crippen molar-refractivity contribution in [3.8, 4) is 0 Å². The summed E-state index contributed by atoms with van der Waals surface area (Å²) < 4.78 is 1.60. The second-order valence-electron chi connectivity index (χ2n) is 3.52. The lowest BCUT2D eigenvalue weighted by atomic mass is 10.0. The number of aliphatic hydroxyl groups excluding tert-OH is 1. The summed E-state index contributed by atoms with van der Waals surface area (Å²) >= 11 is 5.90. The van der Waals surface area contributed by atoms with Gasteiger partial charge in [0.15, 0.2) is 0 Å². The van der Waals surface area contributed by atoms with Crippen LogP contribution in [0.5, 0.6) is 0 Å². The lowest BCUT2D eigenvalue weighted by molar-refractivity contribution is 0.210. The van der Waals surface area contributed by atoms with E-state index in [1.165, 1.54) is 0 Å². The van der Waals surface area contributed by atoms with Crippen molar-refractivity contribution < 1.29 is 5.11 Å². The van der Waals surface area contributed by atoms with Gasteiger partial charge >= 0.3 is 0 Å². The minimum atomic E-state index is -0.814. The number of benzene rings is 1. The average Bonchev–Trinajstić information content (AvgIpc) is 2.68. The number of hydrogen-bond acceptors (Lipinski definition) is 3. The van der Waals surface area contributed by atoms with Crippen molar-refractivity contribution in [2.75, 3.05) is 5.73 Å². The Kier molecular flexibility index (Phi) is 2.85. The molecule has 1 aromatic heterocycles. The van der Waals surface area contributed by atoms with Gasteiger partial charge in [-0.3, -0.25) is 4.68 Å². The van der Waals surface area contributed by atoms with Crippen molar-refractivity contribution in [1.29, 1.82) is 0 Å². The molecule has 5 heteroatoms. The maximum Gasteiger partial charge on any atom is 0.123 e. The molecule has 2 aromatic rings. The molecule has 2 rings (SSSR count). The van der Waals surface area contributed by atoms with Crippen molar-refractivity contribution in [3.63, 3.8) is 0 Å². The minimum Gasteiger partial charge on any atom is -0.397 e. The molecule has 0 aliphatic rings. The van der Waals surface area contributed by atoms with Crippen molar-refractivity contribution in [3.05, 3.63) is 46.7 Å². The van der Waals surface area contributed by atoms with Crippen LogP contribution in [0.4, 0.5) is 5.69 Å². The lowest BCUT2D eigenvalue weighted by Crippen LogP contribution is -2.09. The molecule has 0 fully saturated rings. The Morgan fingerprint density at radius 1 is 1.44 bits per heavy atom. The van der Waals surface area contributed by atoms with Gasteiger partial charge in [-0.05, 0) is 12.1 Å². The summed E-state index contributed by atoms with van der Waals surface area (Å²) in [5.74, 6) is 0. The molecule has 4 nitrogen and oxygen atoms in total. The van der Waals surface area contributed by atoms with E-state index in [2.05, 4.69) is 5.10 Å². The van der Waals surface area contributed by atoms with Gasteiger partial charge in [0.1, 0.15) is 6.10 Å². The van der Waals surface area contributed by atoms with Crippen LogP contribution in [0.25, 0.3) is 0 Å². The zero-order valence-electron chi connectivity index (χ0n) is 8.76. The second kappa shape index (κ2) is 4.15. The van der Waals surface area contributed by atoms with Gasteiger partial charge in [-0.1, -0.05) is 23.7 Å². The number of nitrogens with two attached hydrogens (primary N) is 1. The van der Waals surface area contributed by atoms with E-state index in [1.54, 1.807) is 42.2 Å². The van der Waals surface area contributed by atoms with E-state index < -0.39 is 6.10 Å². The molecule has 16 heavy (non-hydrogen) atoms. The summed E-state index contributed by atoms with van der Waals surface area (Å²) in [7, 11) is 1.76. The molecule has 0 aliphatic carbocycles. The molecular weight excluding hydrogens is 226 g/mol. The minimum absolute atomic E-state index is 0.401. The summed E-state index contributed by atoms with van der Waals surface area (Å²) in [6.07, 6.45) is 0.811. The predicted octanol–water partition coefficient (Wildman–Crippen LogP) is 1.74. The fourth-order valence-electron chi connectivity index (χ4n) is 1.60. The summed E-state index contributed by atoms with van der Waals surface area (Å²) in [5, 5.41) is 14.6. The van der Waals surface area contributed by atoms with Gasteiger partial charge in [0, 0.05) is 18.8 Å². The highest BCUT2D eigenvalue weighted by Gasteiger charge is 2.17. The van der Waals surface area contributed by atoms with Crippen molar-refractivity contribution in [2.24, 2.45) is 7.05 Å². The molecule has 1 aromatic carbocycles. The van der Waals surface area contributed by atoms with Gasteiger partial charge in [0.25, 0.3) is 0 Å². The highest BCUT2D eigenvalue weighted by Crippen LogP contribution is 2.30. The number of halogens is 1. The molecule has 1 unspecified atom stereocenters. The highest BCUT2D eigenvalue weighted by atomic mass is 35.5. The molecule has 0 saturated carbocycles. The lowest BCUT2D eigenvalue weighted by Gasteiger charge is -2.14. The molecule has 0 saturated heterocycles. The Hall–Kier alpha value is -1.52. The Morgan fingerprint density at radius 2 is 2.19 bits per heavy atom. The number of rotatable bonds is 2. The van der Waals surface area contributed by atoms with Crippen molar-refractivity contribution in [2.45, 2.75) is 6.10 Å². The Balaban J connectivity index is 2.46. The van der Waals surface area contributed by atoms with E-state index in [1.807, 2.05) is 0 Å². The van der Waals surface area contributed by atoms with Gasteiger partial charge in [-0.25, -0.2) is 0 Å². The molecule has 1 heterocycles. The number of aromatic nitrogens is 2. The molecule has 1 atom stereocenters. The topological polar surface area (TPSA) is 64.1 Å². The summed E-state index contributed by atoms with van der Waals surface area (Å²) in [4.78, 5) is 0. The Morgan fingerprint density at radius 3 is 2.81 bits per heavy atom. The summed E-state index contributed by atoms with van der Waals surface area (Å²) in [6, 6.07) is 6.94. The number of nitrogens with zero attached hydrogens (tertiary/aromatic N) is 2. The van der Waals surface area contributed by atoms with Crippen LogP contribution in [0, 0.1) is 0 Å². The van der Waals surface area contributed by atoms with Gasteiger partial charge in [-0.15, -0.1) is 0 Å². The van der Waals surface area contributed by atoms with E-state index in [-0.39, 0.29) is 0 Å². The van der Waals surface area contributed by atoms with Crippen LogP contribution in [-0.4, -0.2) is 14.9 Å². The molecule has 84 valence electrons. The number of anilines is 1. The normalized spacial score (nSPS) is 12.7. The smallest absolute Gasteiger partial charge is 0.123 e. The second-order valence-corrected chi connectivity index (χ2v) is 3.93. The van der Waals surface area contributed by atoms with Crippen LogP contribution in [-0.2, 0) is 7.05 Å². The van der Waals surface area contributed by atoms with Crippen LogP contribution in [0.1, 0.15) is 17.4 Å². The third-order valence-electron chi connectivity index (χ3n) is 2.52. The van der Waals surface area contributed by atoms with Crippen molar-refractivity contribution in [1.82, 2.24) is 9.78 Å². The number of hydrogen-bond donors (Lipinski definition) is 2. The monoisotopic (exact) mass is 237 g/mol. The number of nitrogen functional groups attached to an aromatic ring is 1. The molecular formula is C11H12ClN3O. The van der Waals surface area contributed by atoms with Gasteiger partial charge in [0.2, 0.25) is 0 Å². The van der Waals surface area contributed by atoms with Crippen LogP contribution in [0.2, 0.25) is 5.02 Å². The Labute approximate surface area is 98.3 Å². The first kappa shape index (κ1) is 11.0. The molecule has 3 N–H and O–H groups in total. The number of para-hydroxylation sites is 1. The molecule has 0 spiro atoms. The van der Waals surface area contributed by atoms with E-state index in [4.69, 9.17) is 17.3 Å². The standard InChI is InChI=1S/C11H12ClN3O/c1-15-9(5-6-14-15)11(16)7-3-2-4-8(12)10(7)13/h2-6,11,16H,13H2,1H3. The maximum absolute atomic E-state index is 10.2. The third-order valence-corrected chi connectivity index (χ3v) is 2.85. The molecule has 0 amide bonds. The molecule has 0 bridgehead atoms. The van der Waals surface area contributed by atoms with Crippen molar-refractivity contribution >= 4 is 17.3 Å². The van der Waals surface area contributed by atoms with Crippen LogP contribution in [0.3, 0.4) is 0 Å². The maximum atomic E-state index is 10.2. The SMILES string of the molecule is Cn1nccc1C(O)c1cccc(Cl)c1N. The predicted molar refractivity (Wildman–Crippen MR) is 63.1 cm³/mol. The van der Waals surface area contributed by atoms with Crippen LogP contribution in [0.15, 0.2) is 30.5 Å². The average molecular weight is 238 g/mol. The zero-order chi connectivity index (χ0) is 11.7. The van der Waals surface area contributed by atoms with Crippen LogP contribution >= 0.6 is 11.6 Å². The van der Waals surface area contributed by atoms with E-state index >= 15 is 0 Å². The fraction of sp³-hybridized carbons (Fsp3) is 0.182. The first-order valence-corrected chi connectivity index (χ1v) is 5.19. The first-order valence-electron chi connectivity index (χ1n) is 4.81. The van der Waals surface area contributed by atoms with E-state index in [0.717, 1.165) is 0 Å². The van der Waals surface area contributed by atoms with E-state index in [0.29, 0.717) is 22.0 Å².